The first-order chi connectivity index (χ1) is 9.13. The molecule has 100 valence electrons. The smallest absolute Gasteiger partial charge is 0.124 e. The fraction of sp³-hybridized carbons (Fsp3) is 0.214. The average Bonchev–Trinajstić information content (AvgIpc) is 2.39. The maximum atomic E-state index is 6.23. The van der Waals surface area contributed by atoms with E-state index in [9.17, 15) is 0 Å². The van der Waals surface area contributed by atoms with Gasteiger partial charge in [-0.3, -0.25) is 4.98 Å². The second-order valence-electron chi connectivity index (χ2n) is 3.97. The van der Waals surface area contributed by atoms with Crippen LogP contribution in [0.2, 0.25) is 10.0 Å². The lowest BCUT2D eigenvalue weighted by atomic mass is 10.0. The first-order valence-corrected chi connectivity index (χ1v) is 6.67. The number of halogens is 2. The van der Waals surface area contributed by atoms with E-state index in [-0.39, 0.29) is 0 Å². The standard InChI is InChI=1S/C14H14Cl2N2O/c1-2-19-12-6-4-3-5-10(12)13(17)14-11(16)7-9(15)8-18-14/h3-8,13H,2,17H2,1H3. The van der Waals surface area contributed by atoms with Gasteiger partial charge < -0.3 is 10.5 Å². The molecule has 0 aliphatic heterocycles. The van der Waals surface area contributed by atoms with E-state index in [1.807, 2.05) is 31.2 Å². The van der Waals surface area contributed by atoms with E-state index in [0.29, 0.717) is 22.3 Å². The maximum absolute atomic E-state index is 6.23. The van der Waals surface area contributed by atoms with Crippen molar-refractivity contribution in [1.29, 1.82) is 0 Å². The molecular formula is C14H14Cl2N2O. The topological polar surface area (TPSA) is 48.1 Å². The molecular weight excluding hydrogens is 283 g/mol. The molecule has 0 fully saturated rings. The summed E-state index contributed by atoms with van der Waals surface area (Å²) >= 11 is 12.0. The zero-order chi connectivity index (χ0) is 13.8. The molecule has 0 radical (unpaired) electrons. The van der Waals surface area contributed by atoms with Gasteiger partial charge in [0.25, 0.3) is 0 Å². The summed E-state index contributed by atoms with van der Waals surface area (Å²) in [4.78, 5) is 4.21. The lowest BCUT2D eigenvalue weighted by Crippen LogP contribution is -2.15. The van der Waals surface area contributed by atoms with Crippen molar-refractivity contribution in [3.8, 4) is 5.75 Å². The summed E-state index contributed by atoms with van der Waals surface area (Å²) in [5, 5.41) is 0.936. The fourth-order valence-electron chi connectivity index (χ4n) is 1.83. The minimum atomic E-state index is -0.451. The molecule has 3 nitrogen and oxygen atoms in total. The average molecular weight is 297 g/mol. The molecule has 2 N–H and O–H groups in total. The molecule has 0 aliphatic carbocycles. The Labute approximate surface area is 122 Å². The number of ether oxygens (including phenoxy) is 1. The van der Waals surface area contributed by atoms with Crippen molar-refractivity contribution in [3.63, 3.8) is 0 Å². The van der Waals surface area contributed by atoms with Gasteiger partial charge >= 0.3 is 0 Å². The van der Waals surface area contributed by atoms with Crippen LogP contribution in [0.5, 0.6) is 5.75 Å². The molecule has 2 aromatic rings. The minimum Gasteiger partial charge on any atom is -0.494 e. The fourth-order valence-corrected chi connectivity index (χ4v) is 2.32. The van der Waals surface area contributed by atoms with Gasteiger partial charge in [0.1, 0.15) is 5.75 Å². The van der Waals surface area contributed by atoms with E-state index in [2.05, 4.69) is 4.98 Å². The lowest BCUT2D eigenvalue weighted by molar-refractivity contribution is 0.335. The predicted molar refractivity (Wildman–Crippen MR) is 77.9 cm³/mol. The monoisotopic (exact) mass is 296 g/mol. The van der Waals surface area contributed by atoms with Crippen LogP contribution in [0.1, 0.15) is 24.2 Å². The Bertz CT molecular complexity index is 575. The van der Waals surface area contributed by atoms with Crippen LogP contribution < -0.4 is 10.5 Å². The van der Waals surface area contributed by atoms with Crippen LogP contribution in [0.15, 0.2) is 36.5 Å². The van der Waals surface area contributed by atoms with Crippen molar-refractivity contribution in [2.45, 2.75) is 13.0 Å². The van der Waals surface area contributed by atoms with Crippen molar-refractivity contribution >= 4 is 23.2 Å². The molecule has 1 unspecified atom stereocenters. The highest BCUT2D eigenvalue weighted by molar-refractivity contribution is 6.34. The SMILES string of the molecule is CCOc1ccccc1C(N)c1ncc(Cl)cc1Cl. The van der Waals surface area contributed by atoms with Gasteiger partial charge in [-0.2, -0.15) is 0 Å². The van der Waals surface area contributed by atoms with Crippen molar-refractivity contribution in [1.82, 2.24) is 4.98 Å². The molecule has 0 aliphatic rings. The van der Waals surface area contributed by atoms with E-state index in [0.717, 1.165) is 11.3 Å². The first kappa shape index (κ1) is 14.1. The number of pyridine rings is 1. The van der Waals surface area contributed by atoms with Crippen molar-refractivity contribution in [3.05, 3.63) is 57.8 Å². The van der Waals surface area contributed by atoms with Gasteiger partial charge in [0, 0.05) is 11.8 Å². The molecule has 1 atom stereocenters. The zero-order valence-corrected chi connectivity index (χ0v) is 11.9. The van der Waals surface area contributed by atoms with E-state index in [1.165, 1.54) is 6.20 Å². The second kappa shape index (κ2) is 6.24. The molecule has 0 saturated heterocycles. The number of hydrogen-bond acceptors (Lipinski definition) is 3. The predicted octanol–water partition coefficient (Wildman–Crippen LogP) is 3.84. The highest BCUT2D eigenvalue weighted by atomic mass is 35.5. The summed E-state index contributed by atoms with van der Waals surface area (Å²) < 4.78 is 5.57. The van der Waals surface area contributed by atoms with E-state index < -0.39 is 6.04 Å². The Balaban J connectivity index is 2.41. The Morgan fingerprint density at radius 2 is 2.05 bits per heavy atom. The van der Waals surface area contributed by atoms with Gasteiger partial charge in [-0.25, -0.2) is 0 Å². The summed E-state index contributed by atoms with van der Waals surface area (Å²) in [6.07, 6.45) is 1.53. The van der Waals surface area contributed by atoms with Gasteiger partial charge in [0.05, 0.1) is 28.4 Å². The van der Waals surface area contributed by atoms with E-state index in [4.69, 9.17) is 33.7 Å². The Morgan fingerprint density at radius 3 is 2.74 bits per heavy atom. The third-order valence-electron chi connectivity index (χ3n) is 2.68. The largest absolute Gasteiger partial charge is 0.494 e. The Kier molecular flexibility index (Phi) is 4.64. The molecule has 19 heavy (non-hydrogen) atoms. The molecule has 2 rings (SSSR count). The van der Waals surface area contributed by atoms with Crippen molar-refractivity contribution in [2.24, 2.45) is 5.73 Å². The van der Waals surface area contributed by atoms with E-state index in [1.54, 1.807) is 6.07 Å². The molecule has 0 spiro atoms. The molecule has 0 bridgehead atoms. The Hall–Kier alpha value is -1.29. The number of nitrogens with two attached hydrogens (primary N) is 1. The van der Waals surface area contributed by atoms with Crippen LogP contribution in [0, 0.1) is 0 Å². The molecule has 5 heteroatoms. The van der Waals surface area contributed by atoms with Crippen LogP contribution >= 0.6 is 23.2 Å². The quantitative estimate of drug-likeness (QED) is 0.933. The summed E-state index contributed by atoms with van der Waals surface area (Å²) in [6, 6.07) is 8.77. The Morgan fingerprint density at radius 1 is 1.32 bits per heavy atom. The first-order valence-electron chi connectivity index (χ1n) is 5.91. The van der Waals surface area contributed by atoms with Crippen LogP contribution in [-0.2, 0) is 0 Å². The van der Waals surface area contributed by atoms with Gasteiger partial charge in [0.2, 0.25) is 0 Å². The lowest BCUT2D eigenvalue weighted by Gasteiger charge is -2.17. The molecule has 0 saturated carbocycles. The normalized spacial score (nSPS) is 12.2. The molecule has 1 heterocycles. The number of rotatable bonds is 4. The molecule has 0 amide bonds. The summed E-state index contributed by atoms with van der Waals surface area (Å²) in [5.41, 5.74) is 7.66. The number of nitrogens with zero attached hydrogens (tertiary/aromatic N) is 1. The van der Waals surface area contributed by atoms with Gasteiger partial charge in [0.15, 0.2) is 0 Å². The van der Waals surface area contributed by atoms with Gasteiger partial charge in [-0.1, -0.05) is 41.4 Å². The zero-order valence-electron chi connectivity index (χ0n) is 10.4. The highest BCUT2D eigenvalue weighted by Gasteiger charge is 2.18. The maximum Gasteiger partial charge on any atom is 0.124 e. The van der Waals surface area contributed by atoms with Crippen LogP contribution in [0.3, 0.4) is 0 Å². The third-order valence-corrected chi connectivity index (χ3v) is 3.19. The van der Waals surface area contributed by atoms with Crippen molar-refractivity contribution < 1.29 is 4.74 Å². The van der Waals surface area contributed by atoms with Crippen LogP contribution in [-0.4, -0.2) is 11.6 Å². The van der Waals surface area contributed by atoms with Gasteiger partial charge in [-0.15, -0.1) is 0 Å². The number of aromatic nitrogens is 1. The van der Waals surface area contributed by atoms with Crippen LogP contribution in [0.4, 0.5) is 0 Å². The second-order valence-corrected chi connectivity index (χ2v) is 4.81. The number of hydrogen-bond donors (Lipinski definition) is 1. The summed E-state index contributed by atoms with van der Waals surface area (Å²) in [6.45, 7) is 2.50. The molecule has 1 aromatic heterocycles. The third kappa shape index (κ3) is 3.18. The summed E-state index contributed by atoms with van der Waals surface area (Å²) in [7, 11) is 0. The van der Waals surface area contributed by atoms with Crippen molar-refractivity contribution in [2.75, 3.05) is 6.61 Å². The number of para-hydroxylation sites is 1. The van der Waals surface area contributed by atoms with Gasteiger partial charge in [-0.05, 0) is 19.1 Å². The molecule has 1 aromatic carbocycles. The minimum absolute atomic E-state index is 0.450. The number of benzene rings is 1. The summed E-state index contributed by atoms with van der Waals surface area (Å²) in [5.74, 6) is 0.741. The van der Waals surface area contributed by atoms with Crippen LogP contribution in [0.25, 0.3) is 0 Å². The highest BCUT2D eigenvalue weighted by Crippen LogP contribution is 2.31. The van der Waals surface area contributed by atoms with E-state index >= 15 is 0 Å².